The Morgan fingerprint density at radius 3 is 2.71 bits per heavy atom. The molecule has 0 amide bonds. The van der Waals surface area contributed by atoms with Gasteiger partial charge >= 0.3 is 0 Å². The Bertz CT molecular complexity index is 733. The van der Waals surface area contributed by atoms with Gasteiger partial charge in [-0.1, -0.05) is 12.1 Å². The molecule has 0 aromatic carbocycles. The minimum atomic E-state index is 0. The van der Waals surface area contributed by atoms with Crippen molar-refractivity contribution in [2.24, 2.45) is 4.99 Å². The Labute approximate surface area is 163 Å². The number of rotatable bonds is 6. The molecular formula is C17H22IN5S. The van der Waals surface area contributed by atoms with Gasteiger partial charge in [0.05, 0.1) is 5.69 Å². The van der Waals surface area contributed by atoms with E-state index in [9.17, 15) is 0 Å². The van der Waals surface area contributed by atoms with Crippen LogP contribution < -0.4 is 10.6 Å². The molecular weight excluding hydrogens is 433 g/mol. The van der Waals surface area contributed by atoms with E-state index in [0.717, 1.165) is 43.2 Å². The lowest BCUT2D eigenvalue weighted by atomic mass is 10.3. The van der Waals surface area contributed by atoms with Crippen molar-refractivity contribution in [1.82, 2.24) is 20.0 Å². The van der Waals surface area contributed by atoms with Crippen molar-refractivity contribution in [2.75, 3.05) is 20.1 Å². The van der Waals surface area contributed by atoms with E-state index < -0.39 is 0 Å². The van der Waals surface area contributed by atoms with Crippen molar-refractivity contribution < 1.29 is 0 Å². The van der Waals surface area contributed by atoms with Crippen LogP contribution in [0, 0.1) is 0 Å². The summed E-state index contributed by atoms with van der Waals surface area (Å²) in [6.07, 6.45) is 5.98. The number of imidazole rings is 1. The third-order valence-corrected chi connectivity index (χ3v) is 4.49. The maximum Gasteiger partial charge on any atom is 0.191 e. The standard InChI is InChI=1S/C17H21N5S.HI/c1-18-17(20-10-8-15-5-4-12-23-15)19-9-7-14-13-22-11-3-2-6-16(22)21-14;/h2-6,11-13H,7-10H2,1H3,(H2,18,19,20);1H. The molecule has 3 heterocycles. The van der Waals surface area contributed by atoms with Crippen molar-refractivity contribution in [2.45, 2.75) is 12.8 Å². The SMILES string of the molecule is CN=C(NCCc1cn2ccccc2n1)NCCc1cccs1.I. The van der Waals surface area contributed by atoms with Crippen LogP contribution in [0.1, 0.15) is 10.6 Å². The van der Waals surface area contributed by atoms with Gasteiger partial charge in [0.25, 0.3) is 0 Å². The zero-order valence-corrected chi connectivity index (χ0v) is 16.8. The normalized spacial score (nSPS) is 11.3. The minimum Gasteiger partial charge on any atom is -0.356 e. The molecule has 3 aromatic rings. The molecule has 3 aromatic heterocycles. The summed E-state index contributed by atoms with van der Waals surface area (Å²) in [5.74, 6) is 0.838. The van der Waals surface area contributed by atoms with E-state index in [1.165, 1.54) is 4.88 Å². The van der Waals surface area contributed by atoms with Gasteiger partial charge in [-0.2, -0.15) is 0 Å². The van der Waals surface area contributed by atoms with Crippen molar-refractivity contribution in [3.63, 3.8) is 0 Å². The van der Waals surface area contributed by atoms with E-state index in [0.29, 0.717) is 0 Å². The molecule has 0 fully saturated rings. The number of nitrogens with one attached hydrogen (secondary N) is 2. The highest BCUT2D eigenvalue weighted by Crippen LogP contribution is 2.08. The molecule has 0 radical (unpaired) electrons. The molecule has 128 valence electrons. The number of fused-ring (bicyclic) bond motifs is 1. The predicted molar refractivity (Wildman–Crippen MR) is 112 cm³/mol. The van der Waals surface area contributed by atoms with Crippen LogP contribution in [-0.4, -0.2) is 35.5 Å². The summed E-state index contributed by atoms with van der Waals surface area (Å²) in [4.78, 5) is 10.2. The topological polar surface area (TPSA) is 53.7 Å². The highest BCUT2D eigenvalue weighted by atomic mass is 127. The molecule has 2 N–H and O–H groups in total. The first-order valence-corrected chi connectivity index (χ1v) is 8.62. The van der Waals surface area contributed by atoms with Gasteiger partial charge in [0.2, 0.25) is 0 Å². The predicted octanol–water partition coefficient (Wildman–Crippen LogP) is 2.96. The Morgan fingerprint density at radius 2 is 2.00 bits per heavy atom. The average Bonchev–Trinajstić information content (AvgIpc) is 3.22. The molecule has 24 heavy (non-hydrogen) atoms. The quantitative estimate of drug-likeness (QED) is 0.342. The third kappa shape index (κ3) is 5.20. The van der Waals surface area contributed by atoms with Gasteiger partial charge in [0, 0.05) is 43.8 Å². The number of thiophene rings is 1. The van der Waals surface area contributed by atoms with Gasteiger partial charge in [-0.25, -0.2) is 4.98 Å². The molecule has 0 saturated heterocycles. The van der Waals surface area contributed by atoms with Gasteiger partial charge in [0.15, 0.2) is 5.96 Å². The summed E-state index contributed by atoms with van der Waals surface area (Å²) in [5.41, 5.74) is 2.07. The summed E-state index contributed by atoms with van der Waals surface area (Å²) < 4.78 is 2.05. The van der Waals surface area contributed by atoms with Crippen LogP contribution in [0.4, 0.5) is 0 Å². The van der Waals surface area contributed by atoms with E-state index in [2.05, 4.69) is 44.3 Å². The number of aromatic nitrogens is 2. The van der Waals surface area contributed by atoms with E-state index in [1.807, 2.05) is 28.8 Å². The van der Waals surface area contributed by atoms with Crippen LogP contribution in [0.2, 0.25) is 0 Å². The van der Waals surface area contributed by atoms with Crippen molar-refractivity contribution in [3.05, 3.63) is 58.7 Å². The molecule has 0 unspecified atom stereocenters. The van der Waals surface area contributed by atoms with E-state index in [-0.39, 0.29) is 24.0 Å². The van der Waals surface area contributed by atoms with Crippen molar-refractivity contribution in [1.29, 1.82) is 0 Å². The summed E-state index contributed by atoms with van der Waals surface area (Å²) in [6, 6.07) is 10.3. The molecule has 0 spiro atoms. The van der Waals surface area contributed by atoms with E-state index in [1.54, 1.807) is 18.4 Å². The van der Waals surface area contributed by atoms with Crippen LogP contribution in [-0.2, 0) is 12.8 Å². The first-order chi connectivity index (χ1) is 11.3. The van der Waals surface area contributed by atoms with Gasteiger partial charge in [0.1, 0.15) is 5.65 Å². The zero-order valence-electron chi connectivity index (χ0n) is 13.6. The number of hydrogen-bond donors (Lipinski definition) is 2. The Kier molecular flexibility index (Phi) is 7.51. The van der Waals surface area contributed by atoms with Crippen LogP contribution in [0.3, 0.4) is 0 Å². The molecule has 5 nitrogen and oxygen atoms in total. The number of nitrogens with zero attached hydrogens (tertiary/aromatic N) is 3. The summed E-state index contributed by atoms with van der Waals surface area (Å²) in [5, 5.41) is 8.78. The van der Waals surface area contributed by atoms with Crippen LogP contribution in [0.5, 0.6) is 0 Å². The molecule has 3 rings (SSSR count). The molecule has 0 atom stereocenters. The average molecular weight is 455 g/mol. The second-order valence-electron chi connectivity index (χ2n) is 5.20. The largest absolute Gasteiger partial charge is 0.356 e. The highest BCUT2D eigenvalue weighted by Gasteiger charge is 2.02. The summed E-state index contributed by atoms with van der Waals surface area (Å²) >= 11 is 1.79. The fourth-order valence-electron chi connectivity index (χ4n) is 2.40. The molecule has 7 heteroatoms. The van der Waals surface area contributed by atoms with Crippen LogP contribution in [0.25, 0.3) is 5.65 Å². The van der Waals surface area contributed by atoms with Gasteiger partial charge in [-0.3, -0.25) is 4.99 Å². The minimum absolute atomic E-state index is 0. The molecule has 0 aliphatic carbocycles. The monoisotopic (exact) mass is 455 g/mol. The number of guanidine groups is 1. The lowest BCUT2D eigenvalue weighted by Gasteiger charge is -2.10. The van der Waals surface area contributed by atoms with Gasteiger partial charge in [-0.15, -0.1) is 35.3 Å². The maximum absolute atomic E-state index is 4.60. The van der Waals surface area contributed by atoms with Crippen molar-refractivity contribution in [3.8, 4) is 0 Å². The third-order valence-electron chi connectivity index (χ3n) is 3.56. The van der Waals surface area contributed by atoms with Crippen LogP contribution in [0.15, 0.2) is 53.1 Å². The zero-order chi connectivity index (χ0) is 15.9. The van der Waals surface area contributed by atoms with E-state index in [4.69, 9.17) is 0 Å². The first-order valence-electron chi connectivity index (χ1n) is 7.74. The van der Waals surface area contributed by atoms with Gasteiger partial charge in [-0.05, 0) is 30.0 Å². The van der Waals surface area contributed by atoms with Crippen LogP contribution >= 0.6 is 35.3 Å². The highest BCUT2D eigenvalue weighted by molar-refractivity contribution is 14.0. The Hall–Kier alpha value is -1.61. The van der Waals surface area contributed by atoms with Crippen molar-refractivity contribution >= 4 is 46.9 Å². The number of aliphatic imine (C=N–C) groups is 1. The summed E-state index contributed by atoms with van der Waals surface area (Å²) in [6.45, 7) is 1.69. The second-order valence-corrected chi connectivity index (χ2v) is 6.24. The fourth-order valence-corrected chi connectivity index (χ4v) is 3.11. The van der Waals surface area contributed by atoms with Gasteiger partial charge < -0.3 is 15.0 Å². The molecule has 0 aliphatic heterocycles. The smallest absolute Gasteiger partial charge is 0.191 e. The fraction of sp³-hybridized carbons (Fsp3) is 0.294. The molecule has 0 bridgehead atoms. The lowest BCUT2D eigenvalue weighted by Crippen LogP contribution is -2.39. The van der Waals surface area contributed by atoms with E-state index >= 15 is 0 Å². The molecule has 0 saturated carbocycles. The summed E-state index contributed by atoms with van der Waals surface area (Å²) in [7, 11) is 1.80. The molecule has 0 aliphatic rings. The number of pyridine rings is 1. The Morgan fingerprint density at radius 1 is 1.17 bits per heavy atom. The Balaban J connectivity index is 0.00000208. The maximum atomic E-state index is 4.60. The number of halogens is 1. The second kappa shape index (κ2) is 9.63. The number of hydrogen-bond acceptors (Lipinski definition) is 3. The lowest BCUT2D eigenvalue weighted by molar-refractivity contribution is 0.781. The first kappa shape index (κ1) is 18.7.